The Balaban J connectivity index is 1.86. The van der Waals surface area contributed by atoms with Crippen molar-refractivity contribution in [2.75, 3.05) is 23.8 Å². The topological polar surface area (TPSA) is 79.5 Å². The molecule has 3 amide bonds. The molecule has 0 atom stereocenters. The van der Waals surface area contributed by atoms with Crippen LogP contribution in [0.1, 0.15) is 26.7 Å². The molecule has 22 heavy (non-hydrogen) atoms. The lowest BCUT2D eigenvalue weighted by atomic mass is 9.99. The molecule has 0 saturated carbocycles. The number of amides is 3. The Hall–Kier alpha value is -2.08. The Morgan fingerprint density at radius 3 is 2.14 bits per heavy atom. The molecule has 1 aromatic carbocycles. The summed E-state index contributed by atoms with van der Waals surface area (Å²) in [6.45, 7) is 5.08. The third-order valence-electron chi connectivity index (χ3n) is 3.42. The highest BCUT2D eigenvalue weighted by Crippen LogP contribution is 2.19. The van der Waals surface area contributed by atoms with E-state index in [1.807, 2.05) is 13.8 Å². The molecule has 1 aliphatic rings. The van der Waals surface area contributed by atoms with E-state index in [-0.39, 0.29) is 23.9 Å². The van der Waals surface area contributed by atoms with Gasteiger partial charge in [0.25, 0.3) is 0 Å². The standard InChI is InChI=1S/C16H23N3O3/c1-11(2)17-16(21)19-14-5-3-13(4-6-14)18-15(20)12-7-9-22-10-8-12/h3-6,11-12H,7-10H2,1-2H3,(H,18,20)(H2,17,19,21). The summed E-state index contributed by atoms with van der Waals surface area (Å²) in [6, 6.07) is 6.93. The quantitative estimate of drug-likeness (QED) is 0.800. The van der Waals surface area contributed by atoms with Gasteiger partial charge in [-0.25, -0.2) is 4.79 Å². The van der Waals surface area contributed by atoms with E-state index in [1.54, 1.807) is 24.3 Å². The number of carbonyl (C=O) groups is 2. The first-order chi connectivity index (χ1) is 10.5. The van der Waals surface area contributed by atoms with Crippen LogP contribution in [0.15, 0.2) is 24.3 Å². The van der Waals surface area contributed by atoms with Crippen LogP contribution in [0.4, 0.5) is 16.2 Å². The largest absolute Gasteiger partial charge is 0.381 e. The van der Waals surface area contributed by atoms with E-state index in [0.717, 1.165) is 18.5 Å². The van der Waals surface area contributed by atoms with Crippen molar-refractivity contribution in [2.45, 2.75) is 32.7 Å². The SMILES string of the molecule is CC(C)NC(=O)Nc1ccc(NC(=O)C2CCOCC2)cc1. The zero-order valence-electron chi connectivity index (χ0n) is 13.0. The molecular weight excluding hydrogens is 282 g/mol. The van der Waals surface area contributed by atoms with Gasteiger partial charge >= 0.3 is 6.03 Å². The van der Waals surface area contributed by atoms with Gasteiger partial charge in [-0.2, -0.15) is 0 Å². The molecule has 3 N–H and O–H groups in total. The van der Waals surface area contributed by atoms with Gasteiger partial charge in [0, 0.05) is 36.5 Å². The van der Waals surface area contributed by atoms with Gasteiger partial charge < -0.3 is 20.7 Å². The van der Waals surface area contributed by atoms with E-state index < -0.39 is 0 Å². The lowest BCUT2D eigenvalue weighted by Crippen LogP contribution is -2.34. The molecule has 6 nitrogen and oxygen atoms in total. The number of nitrogens with one attached hydrogen (secondary N) is 3. The van der Waals surface area contributed by atoms with E-state index >= 15 is 0 Å². The van der Waals surface area contributed by atoms with Crippen LogP contribution in [0.3, 0.4) is 0 Å². The summed E-state index contributed by atoms with van der Waals surface area (Å²) in [6.07, 6.45) is 1.53. The fourth-order valence-corrected chi connectivity index (χ4v) is 2.27. The molecule has 0 aliphatic carbocycles. The third kappa shape index (κ3) is 5.04. The van der Waals surface area contributed by atoms with Crippen molar-refractivity contribution < 1.29 is 14.3 Å². The fourth-order valence-electron chi connectivity index (χ4n) is 2.27. The second-order valence-electron chi connectivity index (χ2n) is 5.71. The van der Waals surface area contributed by atoms with Crippen molar-refractivity contribution in [3.05, 3.63) is 24.3 Å². The summed E-state index contributed by atoms with van der Waals surface area (Å²) in [5.41, 5.74) is 1.41. The van der Waals surface area contributed by atoms with E-state index in [1.165, 1.54) is 0 Å². The molecule has 0 bridgehead atoms. The second-order valence-corrected chi connectivity index (χ2v) is 5.71. The molecule has 1 aromatic rings. The second kappa shape index (κ2) is 7.79. The van der Waals surface area contributed by atoms with E-state index in [0.29, 0.717) is 18.9 Å². The Morgan fingerprint density at radius 2 is 1.59 bits per heavy atom. The van der Waals surface area contributed by atoms with Gasteiger partial charge in [0.05, 0.1) is 0 Å². The van der Waals surface area contributed by atoms with Gasteiger partial charge in [-0.15, -0.1) is 0 Å². The van der Waals surface area contributed by atoms with Crippen LogP contribution in [0.2, 0.25) is 0 Å². The number of carbonyl (C=O) groups excluding carboxylic acids is 2. The van der Waals surface area contributed by atoms with Crippen LogP contribution in [-0.2, 0) is 9.53 Å². The molecule has 6 heteroatoms. The van der Waals surface area contributed by atoms with Crippen LogP contribution < -0.4 is 16.0 Å². The molecule has 1 aliphatic heterocycles. The van der Waals surface area contributed by atoms with Crippen molar-refractivity contribution in [1.82, 2.24) is 5.32 Å². The van der Waals surface area contributed by atoms with Crippen LogP contribution >= 0.6 is 0 Å². The molecule has 2 rings (SSSR count). The van der Waals surface area contributed by atoms with Gasteiger partial charge in [-0.1, -0.05) is 0 Å². The van der Waals surface area contributed by atoms with Crippen LogP contribution in [0.25, 0.3) is 0 Å². The van der Waals surface area contributed by atoms with E-state index in [4.69, 9.17) is 4.74 Å². The van der Waals surface area contributed by atoms with Crippen LogP contribution in [0, 0.1) is 5.92 Å². The van der Waals surface area contributed by atoms with Crippen molar-refractivity contribution in [2.24, 2.45) is 5.92 Å². The van der Waals surface area contributed by atoms with Crippen molar-refractivity contribution >= 4 is 23.3 Å². The van der Waals surface area contributed by atoms with Gasteiger partial charge in [0.1, 0.15) is 0 Å². The van der Waals surface area contributed by atoms with Gasteiger partial charge in [-0.3, -0.25) is 4.79 Å². The molecule has 0 radical (unpaired) electrons. The summed E-state index contributed by atoms with van der Waals surface area (Å²) in [5, 5.41) is 8.39. The number of hydrogen-bond acceptors (Lipinski definition) is 3. The Morgan fingerprint density at radius 1 is 1.05 bits per heavy atom. The molecule has 120 valence electrons. The van der Waals surface area contributed by atoms with E-state index in [9.17, 15) is 9.59 Å². The highest BCUT2D eigenvalue weighted by Gasteiger charge is 2.21. The number of hydrogen-bond donors (Lipinski definition) is 3. The maximum atomic E-state index is 12.1. The first kappa shape index (κ1) is 16.3. The highest BCUT2D eigenvalue weighted by molar-refractivity contribution is 5.93. The van der Waals surface area contributed by atoms with E-state index in [2.05, 4.69) is 16.0 Å². The van der Waals surface area contributed by atoms with Crippen molar-refractivity contribution in [3.63, 3.8) is 0 Å². The van der Waals surface area contributed by atoms with Gasteiger partial charge in [0.2, 0.25) is 5.91 Å². The van der Waals surface area contributed by atoms with Crippen molar-refractivity contribution in [3.8, 4) is 0 Å². The zero-order valence-corrected chi connectivity index (χ0v) is 13.0. The van der Waals surface area contributed by atoms with Crippen LogP contribution in [-0.4, -0.2) is 31.2 Å². The fraction of sp³-hybridized carbons (Fsp3) is 0.500. The molecule has 1 heterocycles. The molecule has 0 unspecified atom stereocenters. The number of rotatable bonds is 4. The first-order valence-electron chi connectivity index (χ1n) is 7.61. The monoisotopic (exact) mass is 305 g/mol. The predicted molar refractivity (Wildman–Crippen MR) is 85.9 cm³/mol. The Labute approximate surface area is 130 Å². The summed E-state index contributed by atoms with van der Waals surface area (Å²) in [5.74, 6) is 0.0462. The lowest BCUT2D eigenvalue weighted by Gasteiger charge is -2.21. The normalized spacial score (nSPS) is 15.4. The average molecular weight is 305 g/mol. The van der Waals surface area contributed by atoms with Crippen molar-refractivity contribution in [1.29, 1.82) is 0 Å². The van der Waals surface area contributed by atoms with Gasteiger partial charge in [0.15, 0.2) is 0 Å². The molecule has 0 aromatic heterocycles. The highest BCUT2D eigenvalue weighted by atomic mass is 16.5. The predicted octanol–water partition coefficient (Wildman–Crippen LogP) is 2.58. The Bertz CT molecular complexity index is 508. The molecule has 0 spiro atoms. The minimum atomic E-state index is -0.242. The average Bonchev–Trinajstić information content (AvgIpc) is 2.49. The zero-order chi connectivity index (χ0) is 15.9. The number of ether oxygens (including phenoxy) is 1. The molecular formula is C16H23N3O3. The first-order valence-corrected chi connectivity index (χ1v) is 7.61. The van der Waals surface area contributed by atoms with Crippen LogP contribution in [0.5, 0.6) is 0 Å². The third-order valence-corrected chi connectivity index (χ3v) is 3.42. The molecule has 1 saturated heterocycles. The summed E-state index contributed by atoms with van der Waals surface area (Å²) < 4.78 is 5.25. The summed E-state index contributed by atoms with van der Waals surface area (Å²) in [4.78, 5) is 23.7. The number of anilines is 2. The minimum absolute atomic E-state index is 0.0170. The lowest BCUT2D eigenvalue weighted by molar-refractivity contribution is -0.122. The smallest absolute Gasteiger partial charge is 0.319 e. The maximum absolute atomic E-state index is 12.1. The van der Waals surface area contributed by atoms with Gasteiger partial charge in [-0.05, 0) is 51.0 Å². The summed E-state index contributed by atoms with van der Waals surface area (Å²) >= 11 is 0. The molecule has 1 fully saturated rings. The minimum Gasteiger partial charge on any atom is -0.381 e. The number of urea groups is 1. The summed E-state index contributed by atoms with van der Waals surface area (Å²) in [7, 11) is 0. The number of benzene rings is 1. The Kier molecular flexibility index (Phi) is 5.77. The maximum Gasteiger partial charge on any atom is 0.319 e.